The SMILES string of the molecule is CC1=C2CC[C@H](C)[C@@]23CC[C@H](C3)C1(C)C. The van der Waals surface area contributed by atoms with Crippen molar-refractivity contribution in [1.82, 2.24) is 0 Å². The van der Waals surface area contributed by atoms with Crippen LogP contribution in [0.25, 0.3) is 0 Å². The Balaban J connectivity index is 2.18. The van der Waals surface area contributed by atoms with Crippen LogP contribution in [0.3, 0.4) is 0 Å². The number of hydrogen-bond acceptors (Lipinski definition) is 0. The number of allylic oxidation sites excluding steroid dienone is 2. The third kappa shape index (κ3) is 0.990. The van der Waals surface area contributed by atoms with E-state index in [0.717, 1.165) is 11.8 Å². The van der Waals surface area contributed by atoms with Crippen molar-refractivity contribution in [1.29, 1.82) is 0 Å². The van der Waals surface area contributed by atoms with Crippen LogP contribution in [0.5, 0.6) is 0 Å². The van der Waals surface area contributed by atoms with E-state index in [2.05, 4.69) is 27.7 Å². The van der Waals surface area contributed by atoms with Crippen LogP contribution in [0.4, 0.5) is 0 Å². The molecule has 2 saturated carbocycles. The molecule has 0 unspecified atom stereocenters. The number of rotatable bonds is 0. The first-order valence-corrected chi connectivity index (χ1v) is 6.69. The molecular weight excluding hydrogens is 180 g/mol. The minimum atomic E-state index is 0.499. The van der Waals surface area contributed by atoms with E-state index < -0.39 is 0 Å². The van der Waals surface area contributed by atoms with Crippen LogP contribution >= 0.6 is 0 Å². The standard InChI is InChI=1S/C15H24/c1-10-5-6-13-11(2)14(3,4)12-7-8-15(10,13)9-12/h10,12H,5-9H2,1-4H3/t10-,12+,15-/m0/s1. The van der Waals surface area contributed by atoms with Crippen molar-refractivity contribution in [3.63, 3.8) is 0 Å². The maximum atomic E-state index is 2.50. The highest BCUT2D eigenvalue weighted by Gasteiger charge is 2.56. The molecule has 0 heteroatoms. The zero-order valence-corrected chi connectivity index (χ0v) is 10.7. The fourth-order valence-corrected chi connectivity index (χ4v) is 4.85. The number of fused-ring (bicyclic) bond motifs is 1. The molecule has 1 spiro atoms. The molecule has 0 aliphatic heterocycles. The lowest BCUT2D eigenvalue weighted by Gasteiger charge is -2.44. The molecule has 84 valence electrons. The van der Waals surface area contributed by atoms with Crippen LogP contribution in [0.1, 0.15) is 59.8 Å². The van der Waals surface area contributed by atoms with Gasteiger partial charge in [-0.1, -0.05) is 31.9 Å². The smallest absolute Gasteiger partial charge is 0.00565 e. The van der Waals surface area contributed by atoms with Gasteiger partial charge in [-0.05, 0) is 61.7 Å². The Bertz CT molecular complexity index is 334. The van der Waals surface area contributed by atoms with Gasteiger partial charge < -0.3 is 0 Å². The van der Waals surface area contributed by atoms with Crippen LogP contribution in [0.15, 0.2) is 11.1 Å². The van der Waals surface area contributed by atoms with Gasteiger partial charge in [0.05, 0.1) is 0 Å². The summed E-state index contributed by atoms with van der Waals surface area (Å²) in [6.07, 6.45) is 7.35. The molecule has 3 atom stereocenters. The molecule has 0 aromatic rings. The molecule has 3 aliphatic carbocycles. The summed E-state index contributed by atoms with van der Waals surface area (Å²) in [5.41, 5.74) is 4.82. The summed E-state index contributed by atoms with van der Waals surface area (Å²) in [4.78, 5) is 0. The molecule has 15 heavy (non-hydrogen) atoms. The van der Waals surface area contributed by atoms with E-state index in [1.807, 2.05) is 5.57 Å². The van der Waals surface area contributed by atoms with E-state index in [4.69, 9.17) is 0 Å². The second-order valence-corrected chi connectivity index (χ2v) is 6.86. The Labute approximate surface area is 94.1 Å². The van der Waals surface area contributed by atoms with Crippen molar-refractivity contribution in [3.05, 3.63) is 11.1 Å². The monoisotopic (exact) mass is 204 g/mol. The maximum Gasteiger partial charge on any atom is -0.00565 e. The fraction of sp³-hybridized carbons (Fsp3) is 0.867. The first kappa shape index (κ1) is 9.93. The van der Waals surface area contributed by atoms with Gasteiger partial charge in [0.25, 0.3) is 0 Å². The van der Waals surface area contributed by atoms with E-state index in [9.17, 15) is 0 Å². The molecule has 0 nitrogen and oxygen atoms in total. The van der Waals surface area contributed by atoms with Gasteiger partial charge in [0.1, 0.15) is 0 Å². The predicted octanol–water partition coefficient (Wildman–Crippen LogP) is 4.56. The summed E-state index contributed by atoms with van der Waals surface area (Å²) in [6, 6.07) is 0. The Hall–Kier alpha value is -0.260. The molecule has 0 heterocycles. The summed E-state index contributed by atoms with van der Waals surface area (Å²) in [5, 5.41) is 0. The van der Waals surface area contributed by atoms with Crippen molar-refractivity contribution in [3.8, 4) is 0 Å². The molecule has 0 aromatic heterocycles. The normalized spacial score (nSPS) is 47.2. The van der Waals surface area contributed by atoms with Crippen LogP contribution in [0.2, 0.25) is 0 Å². The lowest BCUT2D eigenvalue weighted by molar-refractivity contribution is 0.183. The Morgan fingerprint density at radius 1 is 1.20 bits per heavy atom. The molecule has 2 bridgehead atoms. The van der Waals surface area contributed by atoms with Gasteiger partial charge in [0, 0.05) is 0 Å². The molecule has 0 amide bonds. The molecule has 0 saturated heterocycles. The van der Waals surface area contributed by atoms with Gasteiger partial charge in [0.15, 0.2) is 0 Å². The molecule has 3 aliphatic rings. The zero-order valence-electron chi connectivity index (χ0n) is 10.7. The minimum absolute atomic E-state index is 0.499. The summed E-state index contributed by atoms with van der Waals surface area (Å²) < 4.78 is 0. The average molecular weight is 204 g/mol. The molecule has 0 aromatic carbocycles. The Kier molecular flexibility index (Phi) is 1.79. The predicted molar refractivity (Wildman–Crippen MR) is 64.7 cm³/mol. The molecule has 3 rings (SSSR count). The summed E-state index contributed by atoms with van der Waals surface area (Å²) >= 11 is 0. The van der Waals surface area contributed by atoms with Gasteiger partial charge >= 0.3 is 0 Å². The van der Waals surface area contributed by atoms with Crippen LogP contribution in [0, 0.1) is 22.7 Å². The van der Waals surface area contributed by atoms with Crippen molar-refractivity contribution in [2.45, 2.75) is 59.8 Å². The second kappa shape index (κ2) is 2.70. The largest absolute Gasteiger partial charge is 0.0676 e. The third-order valence-corrected chi connectivity index (χ3v) is 6.36. The zero-order chi connectivity index (χ0) is 10.8. The summed E-state index contributed by atoms with van der Waals surface area (Å²) in [5.74, 6) is 1.94. The minimum Gasteiger partial charge on any atom is -0.0676 e. The molecule has 0 N–H and O–H groups in total. The van der Waals surface area contributed by atoms with Crippen LogP contribution in [-0.4, -0.2) is 0 Å². The van der Waals surface area contributed by atoms with E-state index in [1.165, 1.54) is 32.1 Å². The second-order valence-electron chi connectivity index (χ2n) is 6.86. The first-order chi connectivity index (χ1) is 6.98. The highest BCUT2D eigenvalue weighted by molar-refractivity contribution is 5.36. The quantitative estimate of drug-likeness (QED) is 0.507. The third-order valence-electron chi connectivity index (χ3n) is 6.36. The van der Waals surface area contributed by atoms with E-state index in [-0.39, 0.29) is 0 Å². The Morgan fingerprint density at radius 3 is 2.67 bits per heavy atom. The molecule has 2 fully saturated rings. The topological polar surface area (TPSA) is 0 Å². The lowest BCUT2D eigenvalue weighted by atomic mass is 9.61. The van der Waals surface area contributed by atoms with Gasteiger partial charge in [-0.25, -0.2) is 0 Å². The van der Waals surface area contributed by atoms with Crippen molar-refractivity contribution >= 4 is 0 Å². The Morgan fingerprint density at radius 2 is 1.93 bits per heavy atom. The molecular formula is C15H24. The summed E-state index contributed by atoms with van der Waals surface area (Å²) in [7, 11) is 0. The van der Waals surface area contributed by atoms with Crippen molar-refractivity contribution < 1.29 is 0 Å². The highest BCUT2D eigenvalue weighted by Crippen LogP contribution is 2.67. The van der Waals surface area contributed by atoms with Crippen LogP contribution < -0.4 is 0 Å². The van der Waals surface area contributed by atoms with Crippen LogP contribution in [-0.2, 0) is 0 Å². The van der Waals surface area contributed by atoms with Gasteiger partial charge in [-0.15, -0.1) is 0 Å². The van der Waals surface area contributed by atoms with E-state index >= 15 is 0 Å². The number of hydrogen-bond donors (Lipinski definition) is 0. The van der Waals surface area contributed by atoms with Gasteiger partial charge in [0.2, 0.25) is 0 Å². The first-order valence-electron chi connectivity index (χ1n) is 6.69. The van der Waals surface area contributed by atoms with Gasteiger partial charge in [-0.3, -0.25) is 0 Å². The van der Waals surface area contributed by atoms with Crippen molar-refractivity contribution in [2.24, 2.45) is 22.7 Å². The fourth-order valence-electron chi connectivity index (χ4n) is 4.85. The van der Waals surface area contributed by atoms with E-state index in [0.29, 0.717) is 10.8 Å². The lowest BCUT2D eigenvalue weighted by Crippen LogP contribution is -2.34. The van der Waals surface area contributed by atoms with Gasteiger partial charge in [-0.2, -0.15) is 0 Å². The maximum absolute atomic E-state index is 2.50. The summed E-state index contributed by atoms with van der Waals surface area (Å²) in [6.45, 7) is 9.90. The molecule has 0 radical (unpaired) electrons. The highest BCUT2D eigenvalue weighted by atomic mass is 14.6. The average Bonchev–Trinajstić information content (AvgIpc) is 2.72. The van der Waals surface area contributed by atoms with Crippen molar-refractivity contribution in [2.75, 3.05) is 0 Å². The van der Waals surface area contributed by atoms with E-state index in [1.54, 1.807) is 5.57 Å².